The van der Waals surface area contributed by atoms with Crippen LogP contribution < -0.4 is 32.2 Å². The van der Waals surface area contributed by atoms with Crippen LogP contribution in [-0.4, -0.2) is 12.1 Å². The van der Waals surface area contributed by atoms with Crippen molar-refractivity contribution in [2.75, 3.05) is 24.0 Å². The Kier molecular flexibility index (Phi) is 5.46. The van der Waals surface area contributed by atoms with E-state index in [0.717, 1.165) is 11.6 Å². The molecule has 0 saturated heterocycles. The lowest BCUT2D eigenvalue weighted by Gasteiger charge is -2.13. The standard InChI is InChI=1S/C19H19F2N5O2/c1-27-18-13(6-12(20)7-14(18)21)11-4-2-10(3-5-11)9-28-15-8-16(22)25-19(26-24)17(15)23/h2-8H,9,23-24H2,1H3,(H3,22,25,26). The van der Waals surface area contributed by atoms with Crippen LogP contribution in [0.3, 0.4) is 0 Å². The van der Waals surface area contributed by atoms with E-state index >= 15 is 0 Å². The van der Waals surface area contributed by atoms with Gasteiger partial charge >= 0.3 is 0 Å². The van der Waals surface area contributed by atoms with Gasteiger partial charge in [0.1, 0.15) is 29.7 Å². The van der Waals surface area contributed by atoms with Crippen LogP contribution in [0, 0.1) is 11.6 Å². The topological polar surface area (TPSA) is 121 Å². The molecule has 146 valence electrons. The van der Waals surface area contributed by atoms with Crippen LogP contribution in [0.5, 0.6) is 11.5 Å². The summed E-state index contributed by atoms with van der Waals surface area (Å²) in [6, 6.07) is 10.4. The maximum atomic E-state index is 13.9. The second-order valence-electron chi connectivity index (χ2n) is 5.91. The van der Waals surface area contributed by atoms with Crippen molar-refractivity contribution in [2.24, 2.45) is 5.84 Å². The second-order valence-corrected chi connectivity index (χ2v) is 5.91. The molecule has 0 saturated carbocycles. The summed E-state index contributed by atoms with van der Waals surface area (Å²) in [5.74, 6) is 4.62. The molecule has 1 aromatic heterocycles. The fourth-order valence-electron chi connectivity index (χ4n) is 2.70. The number of hydrazine groups is 1. The zero-order valence-corrected chi connectivity index (χ0v) is 15.0. The Morgan fingerprint density at radius 3 is 2.43 bits per heavy atom. The summed E-state index contributed by atoms with van der Waals surface area (Å²) in [6.45, 7) is 0.187. The molecular weight excluding hydrogens is 368 g/mol. The molecule has 1 heterocycles. The molecular formula is C19H19F2N5O2. The summed E-state index contributed by atoms with van der Waals surface area (Å²) in [4.78, 5) is 3.95. The Hall–Kier alpha value is -3.59. The molecule has 0 amide bonds. The van der Waals surface area contributed by atoms with Gasteiger partial charge in [-0.1, -0.05) is 24.3 Å². The Balaban J connectivity index is 1.81. The van der Waals surface area contributed by atoms with Crippen LogP contribution in [-0.2, 0) is 6.61 Å². The van der Waals surface area contributed by atoms with Gasteiger partial charge in [-0.25, -0.2) is 19.6 Å². The first-order valence-corrected chi connectivity index (χ1v) is 8.20. The van der Waals surface area contributed by atoms with Crippen LogP contribution in [0.2, 0.25) is 0 Å². The lowest BCUT2D eigenvalue weighted by Crippen LogP contribution is -2.13. The van der Waals surface area contributed by atoms with Crippen LogP contribution in [0.15, 0.2) is 42.5 Å². The van der Waals surface area contributed by atoms with E-state index in [9.17, 15) is 8.78 Å². The number of nitrogen functional groups attached to an aromatic ring is 3. The summed E-state index contributed by atoms with van der Waals surface area (Å²) >= 11 is 0. The van der Waals surface area contributed by atoms with Crippen molar-refractivity contribution in [3.8, 4) is 22.6 Å². The highest BCUT2D eigenvalue weighted by Crippen LogP contribution is 2.34. The smallest absolute Gasteiger partial charge is 0.169 e. The monoisotopic (exact) mass is 387 g/mol. The number of aromatic nitrogens is 1. The second kappa shape index (κ2) is 7.97. The Bertz CT molecular complexity index is 997. The molecule has 7 N–H and O–H groups in total. The van der Waals surface area contributed by atoms with Crippen molar-refractivity contribution in [2.45, 2.75) is 6.61 Å². The summed E-state index contributed by atoms with van der Waals surface area (Å²) in [5, 5.41) is 0. The molecule has 0 atom stereocenters. The normalized spacial score (nSPS) is 10.6. The van der Waals surface area contributed by atoms with Crippen molar-refractivity contribution >= 4 is 17.3 Å². The largest absolute Gasteiger partial charge is 0.493 e. The number of methoxy groups -OCH3 is 1. The van der Waals surface area contributed by atoms with Crippen LogP contribution in [0.25, 0.3) is 11.1 Å². The van der Waals surface area contributed by atoms with Crippen LogP contribution in [0.1, 0.15) is 5.56 Å². The molecule has 3 aromatic rings. The predicted octanol–water partition coefficient (Wildman–Crippen LogP) is 3.06. The van der Waals surface area contributed by atoms with Crippen molar-refractivity contribution in [3.05, 3.63) is 59.7 Å². The van der Waals surface area contributed by atoms with Gasteiger partial charge in [0.25, 0.3) is 0 Å². The number of hydrogen-bond acceptors (Lipinski definition) is 7. The minimum absolute atomic E-state index is 0.0211. The quantitative estimate of drug-likeness (QED) is 0.379. The van der Waals surface area contributed by atoms with Crippen LogP contribution in [0.4, 0.5) is 26.1 Å². The number of hydrogen-bond donors (Lipinski definition) is 4. The third kappa shape index (κ3) is 3.89. The zero-order chi connectivity index (χ0) is 20.3. The number of rotatable bonds is 6. The Morgan fingerprint density at radius 1 is 1.07 bits per heavy atom. The van der Waals surface area contributed by atoms with Gasteiger partial charge in [0.05, 0.1) is 7.11 Å². The molecule has 0 aliphatic carbocycles. The van der Waals surface area contributed by atoms with Gasteiger partial charge < -0.3 is 26.4 Å². The molecule has 7 nitrogen and oxygen atoms in total. The molecule has 3 rings (SSSR count). The van der Waals surface area contributed by atoms with E-state index in [-0.39, 0.29) is 29.7 Å². The van der Waals surface area contributed by atoms with E-state index < -0.39 is 11.6 Å². The summed E-state index contributed by atoms with van der Waals surface area (Å²) in [7, 11) is 1.33. The third-order valence-corrected chi connectivity index (χ3v) is 4.05. The predicted molar refractivity (Wildman–Crippen MR) is 104 cm³/mol. The first-order chi connectivity index (χ1) is 13.4. The highest BCUT2D eigenvalue weighted by atomic mass is 19.1. The minimum Gasteiger partial charge on any atom is -0.493 e. The number of halogens is 2. The number of nitrogens with one attached hydrogen (secondary N) is 1. The summed E-state index contributed by atoms with van der Waals surface area (Å²) in [6.07, 6.45) is 0. The number of benzene rings is 2. The molecule has 2 aromatic carbocycles. The van der Waals surface area contributed by atoms with E-state index in [2.05, 4.69) is 10.4 Å². The van der Waals surface area contributed by atoms with Gasteiger partial charge in [-0.3, -0.25) is 0 Å². The van der Waals surface area contributed by atoms with Crippen molar-refractivity contribution < 1.29 is 18.3 Å². The van der Waals surface area contributed by atoms with E-state index in [1.165, 1.54) is 19.2 Å². The Labute approximate surface area is 160 Å². The van der Waals surface area contributed by atoms with Crippen molar-refractivity contribution in [3.63, 3.8) is 0 Å². The number of nitrogens with two attached hydrogens (primary N) is 3. The molecule has 0 aliphatic heterocycles. The van der Waals surface area contributed by atoms with Gasteiger partial charge in [0.15, 0.2) is 17.4 Å². The number of nitrogens with zero attached hydrogens (tertiary/aromatic N) is 1. The summed E-state index contributed by atoms with van der Waals surface area (Å²) < 4.78 is 38.2. The van der Waals surface area contributed by atoms with Crippen LogP contribution >= 0.6 is 0 Å². The molecule has 0 bridgehead atoms. The molecule has 0 spiro atoms. The highest BCUT2D eigenvalue weighted by molar-refractivity contribution is 5.72. The molecule has 0 aliphatic rings. The van der Waals surface area contributed by atoms with Gasteiger partial charge in [-0.2, -0.15) is 0 Å². The zero-order valence-electron chi connectivity index (χ0n) is 15.0. The molecule has 9 heteroatoms. The minimum atomic E-state index is -0.764. The van der Waals surface area contributed by atoms with E-state index in [4.69, 9.17) is 26.8 Å². The first-order valence-electron chi connectivity index (χ1n) is 8.20. The lowest BCUT2D eigenvalue weighted by molar-refractivity contribution is 0.308. The molecule has 0 radical (unpaired) electrons. The maximum Gasteiger partial charge on any atom is 0.169 e. The third-order valence-electron chi connectivity index (χ3n) is 4.05. The molecule has 0 fully saturated rings. The van der Waals surface area contributed by atoms with E-state index in [0.29, 0.717) is 16.9 Å². The Morgan fingerprint density at radius 2 is 1.79 bits per heavy atom. The van der Waals surface area contributed by atoms with E-state index in [1.54, 1.807) is 24.3 Å². The average molecular weight is 387 g/mol. The maximum absolute atomic E-state index is 13.9. The van der Waals surface area contributed by atoms with E-state index in [1.807, 2.05) is 0 Å². The number of anilines is 3. The van der Waals surface area contributed by atoms with Gasteiger partial charge in [0.2, 0.25) is 0 Å². The fourth-order valence-corrected chi connectivity index (χ4v) is 2.70. The number of ether oxygens (including phenoxy) is 2. The SMILES string of the molecule is COc1c(F)cc(F)cc1-c1ccc(COc2cc(N)nc(NN)c2N)cc1. The molecule has 0 unspecified atom stereocenters. The van der Waals surface area contributed by atoms with Crippen molar-refractivity contribution in [1.29, 1.82) is 0 Å². The first kappa shape index (κ1) is 19.2. The lowest BCUT2D eigenvalue weighted by atomic mass is 10.0. The van der Waals surface area contributed by atoms with Gasteiger partial charge in [-0.05, 0) is 17.2 Å². The summed E-state index contributed by atoms with van der Waals surface area (Å²) in [5.41, 5.74) is 15.9. The van der Waals surface area contributed by atoms with Gasteiger partial charge in [0, 0.05) is 17.7 Å². The highest BCUT2D eigenvalue weighted by Gasteiger charge is 2.14. The van der Waals surface area contributed by atoms with Crippen molar-refractivity contribution in [1.82, 2.24) is 4.98 Å². The number of pyridine rings is 1. The molecule has 28 heavy (non-hydrogen) atoms. The fraction of sp³-hybridized carbons (Fsp3) is 0.105. The average Bonchev–Trinajstić information content (AvgIpc) is 2.68. The van der Waals surface area contributed by atoms with Gasteiger partial charge in [-0.15, -0.1) is 0 Å².